The van der Waals surface area contributed by atoms with Crippen molar-refractivity contribution in [1.82, 2.24) is 9.97 Å². The van der Waals surface area contributed by atoms with E-state index < -0.39 is 0 Å². The van der Waals surface area contributed by atoms with Crippen LogP contribution in [0.2, 0.25) is 0 Å². The van der Waals surface area contributed by atoms with Crippen molar-refractivity contribution in [2.75, 3.05) is 24.7 Å². The molecule has 1 aliphatic carbocycles. The van der Waals surface area contributed by atoms with Gasteiger partial charge in [0.1, 0.15) is 5.82 Å². The van der Waals surface area contributed by atoms with E-state index in [0.29, 0.717) is 17.9 Å². The molecule has 0 unspecified atom stereocenters. The van der Waals surface area contributed by atoms with E-state index >= 15 is 0 Å². The van der Waals surface area contributed by atoms with Gasteiger partial charge in [-0.15, -0.1) is 0 Å². The van der Waals surface area contributed by atoms with Gasteiger partial charge in [-0.05, 0) is 36.8 Å². The first-order valence-corrected chi connectivity index (χ1v) is 7.55. The van der Waals surface area contributed by atoms with Crippen LogP contribution >= 0.6 is 0 Å². The molecule has 0 bridgehead atoms. The fourth-order valence-corrected chi connectivity index (χ4v) is 3.38. The third kappa shape index (κ3) is 2.65. The fourth-order valence-electron chi connectivity index (χ4n) is 3.38. The lowest BCUT2D eigenvalue weighted by molar-refractivity contribution is 0.395. The number of hydrogen-bond acceptors (Lipinski definition) is 5. The SMILES string of the molecule is CN(C)c1nc(N)nc2cccc([C@@H]3CCC[C@@H](N)C3)c12. The summed E-state index contributed by atoms with van der Waals surface area (Å²) in [6, 6.07) is 6.56. The highest BCUT2D eigenvalue weighted by Gasteiger charge is 2.24. The maximum atomic E-state index is 6.17. The van der Waals surface area contributed by atoms with Crippen LogP contribution in [0.15, 0.2) is 18.2 Å². The number of anilines is 2. The highest BCUT2D eigenvalue weighted by atomic mass is 15.2. The molecule has 2 aromatic rings. The number of nitrogens with two attached hydrogens (primary N) is 2. The second-order valence-corrected chi connectivity index (χ2v) is 6.16. The molecular formula is C16H23N5. The van der Waals surface area contributed by atoms with Crippen molar-refractivity contribution in [2.45, 2.75) is 37.6 Å². The van der Waals surface area contributed by atoms with Gasteiger partial charge in [-0.25, -0.2) is 4.98 Å². The molecule has 1 aromatic heterocycles. The number of nitrogens with zero attached hydrogens (tertiary/aromatic N) is 3. The predicted molar refractivity (Wildman–Crippen MR) is 87.5 cm³/mol. The zero-order valence-corrected chi connectivity index (χ0v) is 12.7. The Kier molecular flexibility index (Phi) is 3.68. The molecule has 0 spiro atoms. The number of rotatable bonds is 2. The second kappa shape index (κ2) is 5.48. The van der Waals surface area contributed by atoms with Crippen LogP contribution < -0.4 is 16.4 Å². The predicted octanol–water partition coefficient (Wildman–Crippen LogP) is 2.26. The molecule has 4 N–H and O–H groups in total. The van der Waals surface area contributed by atoms with Crippen LogP contribution in [-0.4, -0.2) is 30.1 Å². The van der Waals surface area contributed by atoms with Crippen LogP contribution in [0.3, 0.4) is 0 Å². The summed E-state index contributed by atoms with van der Waals surface area (Å²) >= 11 is 0. The van der Waals surface area contributed by atoms with Crippen molar-refractivity contribution >= 4 is 22.7 Å². The maximum Gasteiger partial charge on any atom is 0.222 e. The molecule has 2 atom stereocenters. The summed E-state index contributed by atoms with van der Waals surface area (Å²) in [5.74, 6) is 1.71. The Morgan fingerprint density at radius 3 is 2.71 bits per heavy atom. The molecule has 0 aliphatic heterocycles. The minimum absolute atomic E-state index is 0.302. The molecule has 112 valence electrons. The molecule has 1 saturated carbocycles. The highest BCUT2D eigenvalue weighted by molar-refractivity contribution is 5.93. The zero-order valence-electron chi connectivity index (χ0n) is 12.7. The van der Waals surface area contributed by atoms with E-state index in [4.69, 9.17) is 11.5 Å². The van der Waals surface area contributed by atoms with Gasteiger partial charge in [0.15, 0.2) is 0 Å². The molecule has 0 radical (unpaired) electrons. The van der Waals surface area contributed by atoms with Crippen molar-refractivity contribution in [1.29, 1.82) is 0 Å². The lowest BCUT2D eigenvalue weighted by Gasteiger charge is -2.28. The van der Waals surface area contributed by atoms with Crippen molar-refractivity contribution in [3.8, 4) is 0 Å². The fraction of sp³-hybridized carbons (Fsp3) is 0.500. The van der Waals surface area contributed by atoms with Crippen LogP contribution in [0.25, 0.3) is 10.9 Å². The van der Waals surface area contributed by atoms with E-state index in [1.54, 1.807) is 0 Å². The molecule has 1 aromatic carbocycles. The van der Waals surface area contributed by atoms with E-state index in [0.717, 1.165) is 29.6 Å². The van der Waals surface area contributed by atoms with Gasteiger partial charge >= 0.3 is 0 Å². The normalized spacial score (nSPS) is 22.4. The Labute approximate surface area is 125 Å². The molecule has 1 fully saturated rings. The number of aromatic nitrogens is 2. The average Bonchev–Trinajstić information content (AvgIpc) is 2.45. The molecule has 3 rings (SSSR count). The lowest BCUT2D eigenvalue weighted by Crippen LogP contribution is -2.27. The van der Waals surface area contributed by atoms with Gasteiger partial charge in [0.2, 0.25) is 5.95 Å². The zero-order chi connectivity index (χ0) is 15.0. The first-order chi connectivity index (χ1) is 10.1. The van der Waals surface area contributed by atoms with Gasteiger partial charge < -0.3 is 16.4 Å². The minimum Gasteiger partial charge on any atom is -0.368 e. The van der Waals surface area contributed by atoms with Crippen molar-refractivity contribution in [3.63, 3.8) is 0 Å². The number of benzene rings is 1. The summed E-state index contributed by atoms with van der Waals surface area (Å²) in [6.45, 7) is 0. The molecule has 1 aliphatic rings. The van der Waals surface area contributed by atoms with Gasteiger partial charge in [-0.1, -0.05) is 18.6 Å². The van der Waals surface area contributed by atoms with E-state index in [1.807, 2.05) is 25.1 Å². The van der Waals surface area contributed by atoms with Gasteiger partial charge in [-0.2, -0.15) is 4.98 Å². The third-order valence-corrected chi connectivity index (χ3v) is 4.33. The van der Waals surface area contributed by atoms with Crippen LogP contribution in [-0.2, 0) is 0 Å². The Bertz CT molecular complexity index is 652. The van der Waals surface area contributed by atoms with Gasteiger partial charge in [0.25, 0.3) is 0 Å². The van der Waals surface area contributed by atoms with Crippen LogP contribution in [0.5, 0.6) is 0 Å². The van der Waals surface area contributed by atoms with Crippen LogP contribution in [0.4, 0.5) is 11.8 Å². The molecule has 5 heteroatoms. The summed E-state index contributed by atoms with van der Waals surface area (Å²) in [5.41, 5.74) is 14.2. The Balaban J connectivity index is 2.18. The second-order valence-electron chi connectivity index (χ2n) is 6.16. The largest absolute Gasteiger partial charge is 0.368 e. The van der Waals surface area contributed by atoms with E-state index in [2.05, 4.69) is 22.1 Å². The number of hydrogen-bond donors (Lipinski definition) is 2. The molecule has 5 nitrogen and oxygen atoms in total. The van der Waals surface area contributed by atoms with Crippen LogP contribution in [0, 0.1) is 0 Å². The molecule has 21 heavy (non-hydrogen) atoms. The lowest BCUT2D eigenvalue weighted by atomic mass is 9.80. The van der Waals surface area contributed by atoms with Crippen molar-refractivity contribution in [2.24, 2.45) is 5.73 Å². The summed E-state index contributed by atoms with van der Waals surface area (Å²) in [6.07, 6.45) is 4.54. The van der Waals surface area contributed by atoms with Gasteiger partial charge in [0, 0.05) is 25.5 Å². The van der Waals surface area contributed by atoms with E-state index in [9.17, 15) is 0 Å². The first kappa shape index (κ1) is 14.1. The third-order valence-electron chi connectivity index (χ3n) is 4.33. The topological polar surface area (TPSA) is 81.1 Å². The van der Waals surface area contributed by atoms with E-state index in [-0.39, 0.29) is 0 Å². The maximum absolute atomic E-state index is 6.17. The number of nitrogen functional groups attached to an aromatic ring is 1. The molecule has 0 amide bonds. The Hall–Kier alpha value is -1.88. The standard InChI is InChI=1S/C16H23N5/c1-21(2)15-14-12(10-5-3-6-11(17)9-10)7-4-8-13(14)19-16(18)20-15/h4,7-8,10-11H,3,5-6,9,17H2,1-2H3,(H2,18,19,20)/t10-,11-/m1/s1. The minimum atomic E-state index is 0.302. The molecule has 0 saturated heterocycles. The summed E-state index contributed by atoms with van der Waals surface area (Å²) in [7, 11) is 3.98. The summed E-state index contributed by atoms with van der Waals surface area (Å²) in [5, 5.41) is 1.12. The monoisotopic (exact) mass is 285 g/mol. The highest BCUT2D eigenvalue weighted by Crippen LogP contribution is 2.38. The number of fused-ring (bicyclic) bond motifs is 1. The molecule has 1 heterocycles. The molecular weight excluding hydrogens is 262 g/mol. The summed E-state index contributed by atoms with van der Waals surface area (Å²) in [4.78, 5) is 10.8. The van der Waals surface area contributed by atoms with Gasteiger partial charge in [-0.3, -0.25) is 0 Å². The van der Waals surface area contributed by atoms with E-state index in [1.165, 1.54) is 18.4 Å². The smallest absolute Gasteiger partial charge is 0.222 e. The Morgan fingerprint density at radius 2 is 2.00 bits per heavy atom. The Morgan fingerprint density at radius 1 is 1.19 bits per heavy atom. The average molecular weight is 285 g/mol. The summed E-state index contributed by atoms with van der Waals surface area (Å²) < 4.78 is 0. The van der Waals surface area contributed by atoms with Crippen LogP contribution in [0.1, 0.15) is 37.2 Å². The van der Waals surface area contributed by atoms with Gasteiger partial charge in [0.05, 0.1) is 5.52 Å². The van der Waals surface area contributed by atoms with Crippen molar-refractivity contribution < 1.29 is 0 Å². The first-order valence-electron chi connectivity index (χ1n) is 7.55. The quantitative estimate of drug-likeness (QED) is 0.884. The van der Waals surface area contributed by atoms with Crippen molar-refractivity contribution in [3.05, 3.63) is 23.8 Å².